The summed E-state index contributed by atoms with van der Waals surface area (Å²) < 4.78 is 0. The summed E-state index contributed by atoms with van der Waals surface area (Å²) in [7, 11) is 0. The van der Waals surface area contributed by atoms with Gasteiger partial charge in [0.05, 0.1) is 12.2 Å². The molecule has 5 heteroatoms. The molecule has 5 nitrogen and oxygen atoms in total. The van der Waals surface area contributed by atoms with Crippen LogP contribution >= 0.6 is 0 Å². The Labute approximate surface area is 88.8 Å². The molecular weight excluding hydrogens is 192 g/mol. The number of hydrogen-bond donors (Lipinski definition) is 2. The predicted octanol–water partition coefficient (Wildman–Crippen LogP) is 0.291. The van der Waals surface area contributed by atoms with Crippen molar-refractivity contribution in [2.45, 2.75) is 25.9 Å². The van der Waals surface area contributed by atoms with Crippen molar-refractivity contribution < 1.29 is 4.79 Å². The summed E-state index contributed by atoms with van der Waals surface area (Å²) in [6, 6.07) is 0.513. The summed E-state index contributed by atoms with van der Waals surface area (Å²) in [6.45, 7) is 5.20. The van der Waals surface area contributed by atoms with Gasteiger partial charge >= 0.3 is 0 Å². The minimum absolute atomic E-state index is 0.136. The van der Waals surface area contributed by atoms with Crippen LogP contribution in [0.25, 0.3) is 0 Å². The van der Waals surface area contributed by atoms with E-state index in [4.69, 9.17) is 0 Å². The van der Waals surface area contributed by atoms with Gasteiger partial charge in [0.1, 0.15) is 0 Å². The standard InChI is InChI=1S/C10H16N4O/c1-7-5-14(8(2)15)6-10(13-7)9-3-11-12-4-9/h3-4,7,10,13H,5-6H2,1-2H3,(H,11,12). The topological polar surface area (TPSA) is 61.0 Å². The van der Waals surface area contributed by atoms with Crippen molar-refractivity contribution in [3.05, 3.63) is 18.0 Å². The summed E-state index contributed by atoms with van der Waals surface area (Å²) >= 11 is 0. The lowest BCUT2D eigenvalue weighted by molar-refractivity contribution is -0.130. The molecule has 1 aliphatic heterocycles. The highest BCUT2D eigenvalue weighted by Crippen LogP contribution is 2.18. The van der Waals surface area contributed by atoms with Gasteiger partial charge in [-0.2, -0.15) is 5.10 Å². The van der Waals surface area contributed by atoms with Crippen molar-refractivity contribution in [3.63, 3.8) is 0 Å². The van der Waals surface area contributed by atoms with E-state index >= 15 is 0 Å². The van der Waals surface area contributed by atoms with Crippen molar-refractivity contribution in [2.75, 3.05) is 13.1 Å². The summed E-state index contributed by atoms with van der Waals surface area (Å²) in [5, 5.41) is 10.2. The average Bonchev–Trinajstić information content (AvgIpc) is 2.69. The summed E-state index contributed by atoms with van der Waals surface area (Å²) in [4.78, 5) is 13.2. The fraction of sp³-hybridized carbons (Fsp3) is 0.600. The summed E-state index contributed by atoms with van der Waals surface area (Å²) in [5.74, 6) is 0.136. The number of rotatable bonds is 1. The summed E-state index contributed by atoms with van der Waals surface area (Å²) in [6.07, 6.45) is 3.67. The van der Waals surface area contributed by atoms with Crippen LogP contribution in [0.4, 0.5) is 0 Å². The molecule has 1 fully saturated rings. The number of hydrogen-bond acceptors (Lipinski definition) is 3. The highest BCUT2D eigenvalue weighted by atomic mass is 16.2. The first-order chi connectivity index (χ1) is 7.16. The maximum atomic E-state index is 11.3. The Morgan fingerprint density at radius 1 is 1.60 bits per heavy atom. The van der Waals surface area contributed by atoms with E-state index in [2.05, 4.69) is 22.4 Å². The Hall–Kier alpha value is -1.36. The maximum absolute atomic E-state index is 11.3. The lowest BCUT2D eigenvalue weighted by Crippen LogP contribution is -2.52. The second-order valence-electron chi connectivity index (χ2n) is 4.08. The van der Waals surface area contributed by atoms with Gasteiger partial charge in [-0.25, -0.2) is 0 Å². The first-order valence-electron chi connectivity index (χ1n) is 5.17. The number of amides is 1. The number of carbonyl (C=O) groups is 1. The number of nitrogens with zero attached hydrogens (tertiary/aromatic N) is 2. The van der Waals surface area contributed by atoms with E-state index in [0.717, 1.165) is 18.7 Å². The van der Waals surface area contributed by atoms with Gasteiger partial charge in [0.25, 0.3) is 0 Å². The molecule has 2 unspecified atom stereocenters. The number of aromatic amines is 1. The van der Waals surface area contributed by atoms with Gasteiger partial charge < -0.3 is 10.2 Å². The molecule has 1 saturated heterocycles. The van der Waals surface area contributed by atoms with E-state index in [9.17, 15) is 4.79 Å². The fourth-order valence-electron chi connectivity index (χ4n) is 1.98. The Morgan fingerprint density at radius 3 is 3.00 bits per heavy atom. The molecule has 0 aliphatic carbocycles. The highest BCUT2D eigenvalue weighted by molar-refractivity contribution is 5.73. The predicted molar refractivity (Wildman–Crippen MR) is 56.2 cm³/mol. The van der Waals surface area contributed by atoms with Gasteiger partial charge in [0.15, 0.2) is 0 Å². The third kappa shape index (κ3) is 2.18. The minimum Gasteiger partial charge on any atom is -0.339 e. The SMILES string of the molecule is CC(=O)N1CC(C)NC(c2cn[nH]c2)C1. The zero-order chi connectivity index (χ0) is 10.8. The smallest absolute Gasteiger partial charge is 0.219 e. The van der Waals surface area contributed by atoms with Crippen LogP contribution in [0.15, 0.2) is 12.4 Å². The molecule has 0 bridgehead atoms. The average molecular weight is 208 g/mol. The lowest BCUT2D eigenvalue weighted by atomic mass is 10.1. The third-order valence-corrected chi connectivity index (χ3v) is 2.75. The zero-order valence-corrected chi connectivity index (χ0v) is 9.03. The van der Waals surface area contributed by atoms with Crippen LogP contribution in [0.5, 0.6) is 0 Å². The van der Waals surface area contributed by atoms with Crippen molar-refractivity contribution in [2.24, 2.45) is 0 Å². The molecular formula is C10H16N4O. The van der Waals surface area contributed by atoms with Crippen molar-refractivity contribution in [3.8, 4) is 0 Å². The molecule has 0 spiro atoms. The molecule has 0 radical (unpaired) electrons. The molecule has 15 heavy (non-hydrogen) atoms. The van der Waals surface area contributed by atoms with E-state index in [1.165, 1.54) is 0 Å². The van der Waals surface area contributed by atoms with Gasteiger partial charge in [0.2, 0.25) is 5.91 Å². The van der Waals surface area contributed by atoms with E-state index in [-0.39, 0.29) is 11.9 Å². The molecule has 2 heterocycles. The first kappa shape index (κ1) is 10.2. The Bertz CT molecular complexity index is 335. The third-order valence-electron chi connectivity index (χ3n) is 2.75. The largest absolute Gasteiger partial charge is 0.339 e. The van der Waals surface area contributed by atoms with Crippen molar-refractivity contribution in [1.29, 1.82) is 0 Å². The fourth-order valence-corrected chi connectivity index (χ4v) is 1.98. The summed E-state index contributed by atoms with van der Waals surface area (Å²) in [5.41, 5.74) is 1.10. The van der Waals surface area contributed by atoms with E-state index in [1.807, 2.05) is 11.1 Å². The van der Waals surface area contributed by atoms with Crippen LogP contribution in [0.1, 0.15) is 25.5 Å². The molecule has 1 aliphatic rings. The molecule has 2 rings (SSSR count). The Kier molecular flexibility index (Phi) is 2.73. The van der Waals surface area contributed by atoms with Gasteiger partial charge in [-0.1, -0.05) is 0 Å². The number of carbonyl (C=O) groups excluding carboxylic acids is 1. The molecule has 2 N–H and O–H groups in total. The first-order valence-corrected chi connectivity index (χ1v) is 5.17. The monoisotopic (exact) mass is 208 g/mol. The van der Waals surface area contributed by atoms with Crippen LogP contribution in [-0.2, 0) is 4.79 Å². The van der Waals surface area contributed by atoms with Crippen LogP contribution in [0.2, 0.25) is 0 Å². The quantitative estimate of drug-likeness (QED) is 0.697. The molecule has 0 aromatic carbocycles. The van der Waals surface area contributed by atoms with Crippen molar-refractivity contribution >= 4 is 5.91 Å². The molecule has 1 aromatic heterocycles. The van der Waals surface area contributed by atoms with Gasteiger partial charge in [0, 0.05) is 37.8 Å². The van der Waals surface area contributed by atoms with Crippen LogP contribution in [-0.4, -0.2) is 40.1 Å². The van der Waals surface area contributed by atoms with Crippen LogP contribution < -0.4 is 5.32 Å². The second-order valence-corrected chi connectivity index (χ2v) is 4.08. The normalized spacial score (nSPS) is 26.7. The molecule has 1 aromatic rings. The molecule has 2 atom stereocenters. The number of H-pyrrole nitrogens is 1. The maximum Gasteiger partial charge on any atom is 0.219 e. The van der Waals surface area contributed by atoms with Gasteiger partial charge in [-0.15, -0.1) is 0 Å². The Morgan fingerprint density at radius 2 is 2.40 bits per heavy atom. The van der Waals surface area contributed by atoms with E-state index in [0.29, 0.717) is 6.04 Å². The second kappa shape index (κ2) is 4.02. The van der Waals surface area contributed by atoms with Crippen molar-refractivity contribution in [1.82, 2.24) is 20.4 Å². The van der Waals surface area contributed by atoms with Gasteiger partial charge in [-0.3, -0.25) is 9.89 Å². The van der Waals surface area contributed by atoms with Crippen LogP contribution in [0, 0.1) is 0 Å². The number of nitrogens with one attached hydrogen (secondary N) is 2. The highest BCUT2D eigenvalue weighted by Gasteiger charge is 2.26. The molecule has 82 valence electrons. The molecule has 1 amide bonds. The zero-order valence-electron chi connectivity index (χ0n) is 9.03. The van der Waals surface area contributed by atoms with E-state index in [1.54, 1.807) is 13.1 Å². The van der Waals surface area contributed by atoms with Crippen LogP contribution in [0.3, 0.4) is 0 Å². The van der Waals surface area contributed by atoms with Gasteiger partial charge in [-0.05, 0) is 6.92 Å². The lowest BCUT2D eigenvalue weighted by Gasteiger charge is -2.36. The minimum atomic E-state index is 0.136. The molecule has 0 saturated carbocycles. The van der Waals surface area contributed by atoms with E-state index < -0.39 is 0 Å². The number of piperazine rings is 1. The Balaban J connectivity index is 2.10. The number of aromatic nitrogens is 2.